The highest BCUT2D eigenvalue weighted by molar-refractivity contribution is 5.81. The Balaban J connectivity index is 1.57. The fourth-order valence-corrected chi connectivity index (χ4v) is 3.14. The molecular formula is C23H11F8N5O. The quantitative estimate of drug-likeness (QED) is 0.0995. The van der Waals surface area contributed by atoms with Gasteiger partial charge < -0.3 is 9.67 Å². The first-order valence-corrected chi connectivity index (χ1v) is 9.98. The van der Waals surface area contributed by atoms with Gasteiger partial charge in [0.2, 0.25) is 23.3 Å². The molecule has 14 heteroatoms. The molecule has 2 aromatic heterocycles. The number of aromatic nitrogens is 2. The number of aromatic hydroxyl groups is 1. The average Bonchev–Trinajstić information content (AvgIpc) is 3.23. The van der Waals surface area contributed by atoms with Gasteiger partial charge in [-0.2, -0.15) is 31.3 Å². The minimum absolute atomic E-state index is 0.0237. The molecule has 0 bridgehead atoms. The predicted octanol–water partition coefficient (Wildman–Crippen LogP) is 7.07. The number of phenolic OH excluding ortho intramolecular Hbond substituents is 1. The van der Waals surface area contributed by atoms with Crippen LogP contribution in [0.1, 0.15) is 5.69 Å². The Morgan fingerprint density at radius 3 is 1.86 bits per heavy atom. The van der Waals surface area contributed by atoms with E-state index in [1.165, 1.54) is 42.1 Å². The monoisotopic (exact) mass is 525 g/mol. The number of aliphatic imine (C=N–C) groups is 1. The number of rotatable bonds is 5. The molecular weight excluding hydrogens is 514 g/mol. The van der Waals surface area contributed by atoms with Gasteiger partial charge in [-0.05, 0) is 29.8 Å². The van der Waals surface area contributed by atoms with E-state index in [9.17, 15) is 35.1 Å². The molecule has 37 heavy (non-hydrogen) atoms. The number of hydrogen-bond donors (Lipinski definition) is 1. The van der Waals surface area contributed by atoms with Gasteiger partial charge in [0.05, 0.1) is 23.2 Å². The number of nitrogens with zero attached hydrogens (tertiary/aromatic N) is 5. The van der Waals surface area contributed by atoms with Gasteiger partial charge in [0.15, 0.2) is 28.9 Å². The molecule has 0 aliphatic heterocycles. The summed E-state index contributed by atoms with van der Waals surface area (Å²) >= 11 is 0. The molecule has 190 valence electrons. The number of halogens is 8. The molecule has 0 radical (unpaired) electrons. The third kappa shape index (κ3) is 4.64. The van der Waals surface area contributed by atoms with Crippen LogP contribution in [0.2, 0.25) is 0 Å². The van der Waals surface area contributed by atoms with E-state index in [1.54, 1.807) is 0 Å². The van der Waals surface area contributed by atoms with Crippen LogP contribution in [0.15, 0.2) is 51.6 Å². The van der Waals surface area contributed by atoms with E-state index in [4.69, 9.17) is 5.11 Å². The van der Waals surface area contributed by atoms with Gasteiger partial charge in [-0.25, -0.2) is 8.78 Å². The first kappa shape index (κ1) is 25.5. The highest BCUT2D eigenvalue weighted by Gasteiger charge is 2.26. The zero-order chi connectivity index (χ0) is 27.0. The third-order valence-corrected chi connectivity index (χ3v) is 5.10. The lowest BCUT2D eigenvalue weighted by Crippen LogP contribution is -1.99. The summed E-state index contributed by atoms with van der Waals surface area (Å²) < 4.78 is 111. The lowest BCUT2D eigenvalue weighted by Gasteiger charge is -2.09. The minimum atomic E-state index is -1.93. The first-order chi connectivity index (χ1) is 17.5. The number of azo groups is 1. The van der Waals surface area contributed by atoms with Crippen molar-refractivity contribution >= 4 is 23.4 Å². The second-order valence-corrected chi connectivity index (χ2v) is 7.33. The van der Waals surface area contributed by atoms with Crippen molar-refractivity contribution in [3.63, 3.8) is 0 Å². The molecule has 0 fully saturated rings. The van der Waals surface area contributed by atoms with Crippen LogP contribution in [-0.4, -0.2) is 20.9 Å². The Hall–Kier alpha value is -4.62. The van der Waals surface area contributed by atoms with Crippen molar-refractivity contribution in [1.29, 1.82) is 0 Å². The highest BCUT2D eigenvalue weighted by atomic mass is 19.2. The smallest absolute Gasteiger partial charge is 0.254 e. The molecule has 4 aromatic rings. The van der Waals surface area contributed by atoms with Crippen LogP contribution in [0, 0.1) is 46.8 Å². The van der Waals surface area contributed by atoms with Crippen molar-refractivity contribution in [3.05, 3.63) is 88.9 Å². The molecule has 0 aliphatic carbocycles. The van der Waals surface area contributed by atoms with Crippen LogP contribution in [0.25, 0.3) is 11.1 Å². The molecule has 1 N–H and O–H groups in total. The molecule has 6 nitrogen and oxygen atoms in total. The minimum Gasteiger partial charge on any atom is -0.503 e. The molecule has 2 aromatic carbocycles. The van der Waals surface area contributed by atoms with Gasteiger partial charge in [-0.3, -0.25) is 4.99 Å². The lowest BCUT2D eigenvalue weighted by molar-refractivity contribution is 0.358. The summed E-state index contributed by atoms with van der Waals surface area (Å²) in [6, 6.07) is 7.69. The van der Waals surface area contributed by atoms with E-state index < -0.39 is 63.8 Å². The van der Waals surface area contributed by atoms with Crippen LogP contribution in [0.4, 0.5) is 52.3 Å². The van der Waals surface area contributed by atoms with Gasteiger partial charge in [0.25, 0.3) is 11.9 Å². The fourth-order valence-electron chi connectivity index (χ4n) is 3.14. The molecule has 0 saturated carbocycles. The van der Waals surface area contributed by atoms with Crippen molar-refractivity contribution < 1.29 is 40.2 Å². The summed E-state index contributed by atoms with van der Waals surface area (Å²) in [6.07, 6.45) is 1.31. The molecule has 0 amide bonds. The van der Waals surface area contributed by atoms with Crippen LogP contribution < -0.4 is 0 Å². The third-order valence-electron chi connectivity index (χ3n) is 5.10. The van der Waals surface area contributed by atoms with Gasteiger partial charge >= 0.3 is 0 Å². The molecule has 0 atom stereocenters. The van der Waals surface area contributed by atoms with Crippen LogP contribution in [0.5, 0.6) is 5.75 Å². The summed E-state index contributed by atoms with van der Waals surface area (Å²) in [5.41, 5.74) is -1.91. The maximum atomic E-state index is 14.1. The van der Waals surface area contributed by atoms with E-state index in [2.05, 4.69) is 20.2 Å². The van der Waals surface area contributed by atoms with E-state index in [-0.39, 0.29) is 17.1 Å². The Morgan fingerprint density at radius 1 is 0.730 bits per heavy atom. The van der Waals surface area contributed by atoms with Crippen molar-refractivity contribution in [2.45, 2.75) is 0 Å². The fraction of sp³-hybridized carbons (Fsp3) is 0.0435. The predicted molar refractivity (Wildman–Crippen MR) is 114 cm³/mol. The van der Waals surface area contributed by atoms with Crippen LogP contribution in [0.3, 0.4) is 0 Å². The maximum absolute atomic E-state index is 14.1. The van der Waals surface area contributed by atoms with Crippen LogP contribution >= 0.6 is 0 Å². The standard InChI is InChI=1S/C23H11F8N5O/c1-36-11(6-7-12(36)34-35-20-18(28)22(30)33-23(31)19(20)29)8-32-10-4-2-9(3-5-10)13-14(24)16(26)21(37)17(27)15(13)25/h2-8,37H,1H3. The molecule has 0 saturated heterocycles. The van der Waals surface area contributed by atoms with Crippen molar-refractivity contribution in [2.75, 3.05) is 0 Å². The summed E-state index contributed by atoms with van der Waals surface area (Å²) in [6.45, 7) is 0. The zero-order valence-corrected chi connectivity index (χ0v) is 18.2. The number of phenols is 1. The number of benzene rings is 2. The van der Waals surface area contributed by atoms with E-state index in [1.807, 2.05) is 0 Å². The largest absolute Gasteiger partial charge is 0.503 e. The maximum Gasteiger partial charge on any atom is 0.254 e. The van der Waals surface area contributed by atoms with Gasteiger partial charge in [-0.1, -0.05) is 12.1 Å². The van der Waals surface area contributed by atoms with Crippen molar-refractivity contribution in [3.8, 4) is 16.9 Å². The van der Waals surface area contributed by atoms with Crippen LogP contribution in [-0.2, 0) is 7.05 Å². The molecule has 0 spiro atoms. The summed E-state index contributed by atoms with van der Waals surface area (Å²) in [4.78, 5) is 6.55. The molecule has 4 rings (SSSR count). The Labute approximate surface area is 201 Å². The van der Waals surface area contributed by atoms with Gasteiger partial charge in [0, 0.05) is 7.05 Å². The lowest BCUT2D eigenvalue weighted by atomic mass is 10.0. The number of pyridine rings is 1. The second kappa shape index (κ2) is 9.79. The zero-order valence-electron chi connectivity index (χ0n) is 18.2. The Kier molecular flexibility index (Phi) is 6.74. The highest BCUT2D eigenvalue weighted by Crippen LogP contribution is 2.35. The summed E-state index contributed by atoms with van der Waals surface area (Å²) in [5.74, 6) is -16.6. The van der Waals surface area contributed by atoms with E-state index >= 15 is 0 Å². The van der Waals surface area contributed by atoms with E-state index in [0.717, 1.165) is 12.1 Å². The van der Waals surface area contributed by atoms with E-state index in [0.29, 0.717) is 5.69 Å². The molecule has 2 heterocycles. The first-order valence-electron chi connectivity index (χ1n) is 9.98. The van der Waals surface area contributed by atoms with Gasteiger partial charge in [0.1, 0.15) is 0 Å². The molecule has 0 aliphatic rings. The average molecular weight is 525 g/mol. The molecule has 0 unspecified atom stereocenters. The summed E-state index contributed by atoms with van der Waals surface area (Å²) in [5, 5.41) is 15.9. The normalized spacial score (nSPS) is 11.8. The summed E-state index contributed by atoms with van der Waals surface area (Å²) in [7, 11) is 1.47. The Bertz CT molecular complexity index is 1530. The topological polar surface area (TPSA) is 75.1 Å². The number of hydrogen-bond acceptors (Lipinski definition) is 5. The van der Waals surface area contributed by atoms with Gasteiger partial charge in [-0.15, -0.1) is 10.2 Å². The van der Waals surface area contributed by atoms with Crippen molar-refractivity contribution in [2.24, 2.45) is 22.3 Å². The Morgan fingerprint density at radius 2 is 1.30 bits per heavy atom. The van der Waals surface area contributed by atoms with Crippen molar-refractivity contribution in [1.82, 2.24) is 9.55 Å². The second-order valence-electron chi connectivity index (χ2n) is 7.33. The SMILES string of the molecule is Cn1c(C=Nc2ccc(-c3c(F)c(F)c(O)c(F)c3F)cc2)ccc1N=Nc1c(F)c(F)nc(F)c1F.